The molecule has 0 radical (unpaired) electrons. The number of esters is 1. The molecule has 94 valence electrons. The summed E-state index contributed by atoms with van der Waals surface area (Å²) >= 11 is 1.58. The maximum absolute atomic E-state index is 12.0. The van der Waals surface area contributed by atoms with Crippen LogP contribution in [0.1, 0.15) is 23.7 Å². The molecule has 0 fully saturated rings. The highest BCUT2D eigenvalue weighted by Crippen LogP contribution is 2.31. The van der Waals surface area contributed by atoms with Crippen LogP contribution in [0, 0.1) is 0 Å². The first-order chi connectivity index (χ1) is 8.74. The number of thiophene rings is 1. The average Bonchev–Trinajstić information content (AvgIpc) is 2.89. The molecule has 0 spiro atoms. The second-order valence-corrected chi connectivity index (χ2v) is 4.83. The van der Waals surface area contributed by atoms with Gasteiger partial charge in [-0.3, -0.25) is 0 Å². The van der Waals surface area contributed by atoms with Crippen molar-refractivity contribution in [2.45, 2.75) is 13.3 Å². The molecule has 0 saturated carbocycles. The van der Waals surface area contributed by atoms with Crippen molar-refractivity contribution in [1.82, 2.24) is 0 Å². The fraction of sp³-hybridized carbons (Fsp3) is 0.214. The number of rotatable bonds is 4. The summed E-state index contributed by atoms with van der Waals surface area (Å²) in [7, 11) is 0. The summed E-state index contributed by atoms with van der Waals surface area (Å²) in [5, 5.41) is 1.97. The minimum Gasteiger partial charge on any atom is -0.462 e. The van der Waals surface area contributed by atoms with E-state index in [0.29, 0.717) is 17.9 Å². The Balaban J connectivity index is 2.42. The van der Waals surface area contributed by atoms with Gasteiger partial charge in [0.25, 0.3) is 0 Å². The van der Waals surface area contributed by atoms with Gasteiger partial charge in [0.1, 0.15) is 0 Å². The first kappa shape index (κ1) is 12.6. The molecule has 1 aromatic carbocycles. The Morgan fingerprint density at radius 1 is 1.33 bits per heavy atom. The van der Waals surface area contributed by atoms with Gasteiger partial charge in [0.05, 0.1) is 12.2 Å². The maximum Gasteiger partial charge on any atom is 0.340 e. The van der Waals surface area contributed by atoms with E-state index in [1.165, 1.54) is 0 Å². The van der Waals surface area contributed by atoms with Gasteiger partial charge in [0, 0.05) is 16.1 Å². The molecule has 3 nitrogen and oxygen atoms in total. The molecular weight excluding hydrogens is 246 g/mol. The Morgan fingerprint density at radius 3 is 2.83 bits per heavy atom. The standard InChI is InChI=1S/C14H15NO2S/c1-2-8-17-14(16)13-10(5-3-6-11(13)15)12-7-4-9-18-12/h3-7,9H,2,8,15H2,1H3. The van der Waals surface area contributed by atoms with Crippen LogP contribution in [-0.4, -0.2) is 12.6 Å². The van der Waals surface area contributed by atoms with Gasteiger partial charge in [-0.25, -0.2) is 4.79 Å². The summed E-state index contributed by atoms with van der Waals surface area (Å²) in [6, 6.07) is 9.38. The molecule has 0 aliphatic carbocycles. The van der Waals surface area contributed by atoms with Gasteiger partial charge in [-0.1, -0.05) is 25.1 Å². The van der Waals surface area contributed by atoms with Crippen molar-refractivity contribution in [3.63, 3.8) is 0 Å². The Morgan fingerprint density at radius 2 is 2.17 bits per heavy atom. The SMILES string of the molecule is CCCOC(=O)c1c(N)cccc1-c1cccs1. The molecule has 0 atom stereocenters. The fourth-order valence-corrected chi connectivity index (χ4v) is 2.46. The van der Waals surface area contributed by atoms with E-state index < -0.39 is 0 Å². The van der Waals surface area contributed by atoms with Gasteiger partial charge < -0.3 is 10.5 Å². The van der Waals surface area contributed by atoms with Crippen molar-refractivity contribution < 1.29 is 9.53 Å². The predicted molar refractivity (Wildman–Crippen MR) is 74.7 cm³/mol. The van der Waals surface area contributed by atoms with Crippen LogP contribution in [0.2, 0.25) is 0 Å². The van der Waals surface area contributed by atoms with Crippen molar-refractivity contribution in [1.29, 1.82) is 0 Å². The van der Waals surface area contributed by atoms with Gasteiger partial charge in [0.15, 0.2) is 0 Å². The number of nitrogen functional groups attached to an aromatic ring is 1. The van der Waals surface area contributed by atoms with E-state index in [4.69, 9.17) is 10.5 Å². The molecule has 4 heteroatoms. The van der Waals surface area contributed by atoms with Crippen LogP contribution >= 0.6 is 11.3 Å². The zero-order valence-electron chi connectivity index (χ0n) is 10.2. The largest absolute Gasteiger partial charge is 0.462 e. The molecule has 1 heterocycles. The normalized spacial score (nSPS) is 10.3. The maximum atomic E-state index is 12.0. The third kappa shape index (κ3) is 2.54. The lowest BCUT2D eigenvalue weighted by atomic mass is 10.0. The number of nitrogens with two attached hydrogens (primary N) is 1. The van der Waals surface area contributed by atoms with Crippen LogP contribution in [0.4, 0.5) is 5.69 Å². The predicted octanol–water partition coefficient (Wildman–Crippen LogP) is 3.56. The number of carbonyl (C=O) groups excluding carboxylic acids is 1. The number of hydrogen-bond donors (Lipinski definition) is 1. The number of carbonyl (C=O) groups is 1. The first-order valence-corrected chi connectivity index (χ1v) is 6.71. The van der Waals surface area contributed by atoms with Crippen molar-refractivity contribution >= 4 is 23.0 Å². The molecule has 2 N–H and O–H groups in total. The molecule has 0 aliphatic rings. The highest BCUT2D eigenvalue weighted by Gasteiger charge is 2.17. The number of hydrogen-bond acceptors (Lipinski definition) is 4. The van der Waals surface area contributed by atoms with Crippen LogP contribution < -0.4 is 5.73 Å². The van der Waals surface area contributed by atoms with Crippen LogP contribution in [0.15, 0.2) is 35.7 Å². The lowest BCUT2D eigenvalue weighted by molar-refractivity contribution is 0.0507. The number of benzene rings is 1. The van der Waals surface area contributed by atoms with E-state index in [-0.39, 0.29) is 5.97 Å². The average molecular weight is 261 g/mol. The lowest BCUT2D eigenvalue weighted by Gasteiger charge is -2.10. The van der Waals surface area contributed by atoms with Crippen LogP contribution in [0.25, 0.3) is 10.4 Å². The highest BCUT2D eigenvalue weighted by molar-refractivity contribution is 7.13. The Labute approximate surface area is 110 Å². The summed E-state index contributed by atoms with van der Waals surface area (Å²) in [5.41, 5.74) is 7.67. The molecule has 1 aromatic heterocycles. The minimum atomic E-state index is -0.349. The zero-order chi connectivity index (χ0) is 13.0. The molecule has 18 heavy (non-hydrogen) atoms. The number of anilines is 1. The summed E-state index contributed by atoms with van der Waals surface area (Å²) in [6.45, 7) is 2.37. The summed E-state index contributed by atoms with van der Waals surface area (Å²) < 4.78 is 5.18. The topological polar surface area (TPSA) is 52.3 Å². The monoisotopic (exact) mass is 261 g/mol. The molecule has 0 saturated heterocycles. The van der Waals surface area contributed by atoms with Crippen molar-refractivity contribution in [2.24, 2.45) is 0 Å². The van der Waals surface area contributed by atoms with E-state index in [1.807, 2.05) is 36.6 Å². The van der Waals surface area contributed by atoms with Gasteiger partial charge in [-0.05, 0) is 23.9 Å². The van der Waals surface area contributed by atoms with E-state index in [0.717, 1.165) is 16.9 Å². The van der Waals surface area contributed by atoms with Crippen molar-refractivity contribution in [2.75, 3.05) is 12.3 Å². The second kappa shape index (κ2) is 5.69. The van der Waals surface area contributed by atoms with Crippen LogP contribution in [-0.2, 0) is 4.74 Å². The minimum absolute atomic E-state index is 0.349. The molecule has 0 unspecified atom stereocenters. The molecule has 2 rings (SSSR count). The van der Waals surface area contributed by atoms with Crippen LogP contribution in [0.5, 0.6) is 0 Å². The van der Waals surface area contributed by atoms with Gasteiger partial charge in [0.2, 0.25) is 0 Å². The summed E-state index contributed by atoms with van der Waals surface area (Å²) in [4.78, 5) is 13.1. The Bertz CT molecular complexity index is 535. The quantitative estimate of drug-likeness (QED) is 0.676. The molecule has 0 aliphatic heterocycles. The van der Waals surface area contributed by atoms with E-state index >= 15 is 0 Å². The lowest BCUT2D eigenvalue weighted by Crippen LogP contribution is -2.10. The summed E-state index contributed by atoms with van der Waals surface area (Å²) in [5.74, 6) is -0.349. The summed E-state index contributed by atoms with van der Waals surface area (Å²) in [6.07, 6.45) is 0.798. The van der Waals surface area contributed by atoms with Crippen LogP contribution in [0.3, 0.4) is 0 Å². The highest BCUT2D eigenvalue weighted by atomic mass is 32.1. The third-order valence-electron chi connectivity index (χ3n) is 2.52. The Hall–Kier alpha value is -1.81. The van der Waals surface area contributed by atoms with E-state index in [9.17, 15) is 4.79 Å². The molecule has 0 bridgehead atoms. The van der Waals surface area contributed by atoms with Gasteiger partial charge >= 0.3 is 5.97 Å². The first-order valence-electron chi connectivity index (χ1n) is 5.83. The smallest absolute Gasteiger partial charge is 0.340 e. The van der Waals surface area contributed by atoms with Gasteiger partial charge in [-0.15, -0.1) is 11.3 Å². The second-order valence-electron chi connectivity index (χ2n) is 3.88. The van der Waals surface area contributed by atoms with E-state index in [1.54, 1.807) is 17.4 Å². The Kier molecular flexibility index (Phi) is 3.99. The van der Waals surface area contributed by atoms with E-state index in [2.05, 4.69) is 0 Å². The fourth-order valence-electron chi connectivity index (χ4n) is 1.70. The molecule has 2 aromatic rings. The third-order valence-corrected chi connectivity index (χ3v) is 3.43. The van der Waals surface area contributed by atoms with Gasteiger partial charge in [-0.2, -0.15) is 0 Å². The zero-order valence-corrected chi connectivity index (χ0v) is 11.0. The molecular formula is C14H15NO2S. The van der Waals surface area contributed by atoms with Crippen molar-refractivity contribution in [3.8, 4) is 10.4 Å². The number of ether oxygens (including phenoxy) is 1. The van der Waals surface area contributed by atoms with Crippen molar-refractivity contribution in [3.05, 3.63) is 41.3 Å². The molecule has 0 amide bonds.